The maximum atomic E-state index is 11.7. The van der Waals surface area contributed by atoms with Crippen LogP contribution in [-0.4, -0.2) is 25.6 Å². The van der Waals surface area contributed by atoms with Gasteiger partial charge in [0.2, 0.25) is 0 Å². The molecule has 0 aliphatic heterocycles. The van der Waals surface area contributed by atoms with E-state index in [9.17, 15) is 4.79 Å². The van der Waals surface area contributed by atoms with Gasteiger partial charge in [-0.25, -0.2) is 0 Å². The molecule has 3 N–H and O–H groups in total. The first-order chi connectivity index (χ1) is 7.19. The minimum Gasteiger partial charge on any atom is -0.496 e. The molecule has 15 heavy (non-hydrogen) atoms. The molecule has 1 aromatic rings. The highest BCUT2D eigenvalue weighted by molar-refractivity contribution is 5.97. The fraction of sp³-hybridized carbons (Fsp3) is 0.364. The largest absolute Gasteiger partial charge is 0.496 e. The van der Waals surface area contributed by atoms with Crippen LogP contribution in [0.5, 0.6) is 5.75 Å². The van der Waals surface area contributed by atoms with Crippen LogP contribution in [0.25, 0.3) is 0 Å². The number of hydrogen-bond donors (Lipinski definition) is 2. The fourth-order valence-electron chi connectivity index (χ4n) is 1.19. The van der Waals surface area contributed by atoms with Gasteiger partial charge in [0.15, 0.2) is 0 Å². The van der Waals surface area contributed by atoms with Gasteiger partial charge >= 0.3 is 0 Å². The summed E-state index contributed by atoms with van der Waals surface area (Å²) in [4.78, 5) is 11.7. The Morgan fingerprint density at radius 1 is 1.53 bits per heavy atom. The third-order valence-corrected chi connectivity index (χ3v) is 2.08. The van der Waals surface area contributed by atoms with Crippen molar-refractivity contribution in [3.63, 3.8) is 0 Å². The average Bonchev–Trinajstić information content (AvgIpc) is 2.28. The lowest BCUT2D eigenvalue weighted by atomic mass is 10.2. The molecule has 0 saturated carbocycles. The molecule has 1 aromatic carbocycles. The predicted octanol–water partition coefficient (Wildman–Crippen LogP) is 0.772. The highest BCUT2D eigenvalue weighted by atomic mass is 16.5. The number of carbonyl (C=O) groups is 1. The third kappa shape index (κ3) is 2.95. The molecule has 0 heterocycles. The average molecular weight is 208 g/mol. The number of carbonyl (C=O) groups excluding carboxylic acids is 1. The lowest BCUT2D eigenvalue weighted by Crippen LogP contribution is -2.37. The van der Waals surface area contributed by atoms with Gasteiger partial charge in [-0.15, -0.1) is 0 Å². The third-order valence-electron chi connectivity index (χ3n) is 2.08. The summed E-state index contributed by atoms with van der Waals surface area (Å²) in [5.74, 6) is 0.407. The Bertz CT molecular complexity index is 339. The number of ether oxygens (including phenoxy) is 1. The molecule has 1 amide bonds. The summed E-state index contributed by atoms with van der Waals surface area (Å²) >= 11 is 0. The van der Waals surface area contributed by atoms with Crippen molar-refractivity contribution in [1.29, 1.82) is 0 Å². The van der Waals surface area contributed by atoms with E-state index in [0.29, 0.717) is 17.9 Å². The van der Waals surface area contributed by atoms with E-state index >= 15 is 0 Å². The van der Waals surface area contributed by atoms with E-state index in [4.69, 9.17) is 10.5 Å². The van der Waals surface area contributed by atoms with Crippen LogP contribution < -0.4 is 15.8 Å². The summed E-state index contributed by atoms with van der Waals surface area (Å²) in [7, 11) is 1.54. The molecule has 0 fully saturated rings. The molecule has 0 spiro atoms. The molecule has 0 aromatic heterocycles. The number of nitrogens with two attached hydrogens (primary N) is 1. The van der Waals surface area contributed by atoms with Gasteiger partial charge in [0.05, 0.1) is 12.7 Å². The number of rotatable bonds is 4. The zero-order valence-corrected chi connectivity index (χ0v) is 8.99. The number of nitrogens with one attached hydrogen (secondary N) is 1. The van der Waals surface area contributed by atoms with Crippen LogP contribution in [0.2, 0.25) is 0 Å². The van der Waals surface area contributed by atoms with E-state index in [-0.39, 0.29) is 11.9 Å². The maximum absolute atomic E-state index is 11.7. The number of methoxy groups -OCH3 is 1. The first-order valence-electron chi connectivity index (χ1n) is 4.83. The SMILES string of the molecule is COc1ccccc1C(=O)N[C@@H](C)CN. The van der Waals surface area contributed by atoms with Gasteiger partial charge in [-0.3, -0.25) is 4.79 Å². The number of para-hydroxylation sites is 1. The Morgan fingerprint density at radius 2 is 2.20 bits per heavy atom. The van der Waals surface area contributed by atoms with Crippen molar-refractivity contribution < 1.29 is 9.53 Å². The molecule has 1 rings (SSSR count). The van der Waals surface area contributed by atoms with Crippen LogP contribution in [0.3, 0.4) is 0 Å². The van der Waals surface area contributed by atoms with Gasteiger partial charge in [-0.05, 0) is 19.1 Å². The van der Waals surface area contributed by atoms with Gasteiger partial charge in [-0.1, -0.05) is 12.1 Å². The van der Waals surface area contributed by atoms with Crippen LogP contribution in [0.1, 0.15) is 17.3 Å². The van der Waals surface area contributed by atoms with Gasteiger partial charge in [0.25, 0.3) is 5.91 Å². The molecule has 0 radical (unpaired) electrons. The Morgan fingerprint density at radius 3 is 2.80 bits per heavy atom. The Kier molecular flexibility index (Phi) is 4.12. The van der Waals surface area contributed by atoms with Crippen molar-refractivity contribution >= 4 is 5.91 Å². The number of amides is 1. The van der Waals surface area contributed by atoms with Crippen LogP contribution in [0, 0.1) is 0 Å². The molecule has 0 aliphatic rings. The quantitative estimate of drug-likeness (QED) is 0.768. The van der Waals surface area contributed by atoms with Gasteiger partial charge < -0.3 is 15.8 Å². The van der Waals surface area contributed by atoms with Crippen LogP contribution in [0.4, 0.5) is 0 Å². The van der Waals surface area contributed by atoms with Crippen molar-refractivity contribution in [3.8, 4) is 5.75 Å². The van der Waals surface area contributed by atoms with Crippen molar-refractivity contribution in [2.45, 2.75) is 13.0 Å². The van der Waals surface area contributed by atoms with Crippen molar-refractivity contribution in [3.05, 3.63) is 29.8 Å². The Labute approximate surface area is 89.4 Å². The zero-order chi connectivity index (χ0) is 11.3. The first kappa shape index (κ1) is 11.5. The summed E-state index contributed by atoms with van der Waals surface area (Å²) in [6, 6.07) is 7.05. The van der Waals surface area contributed by atoms with Crippen molar-refractivity contribution in [2.75, 3.05) is 13.7 Å². The summed E-state index contributed by atoms with van der Waals surface area (Å²) in [6.07, 6.45) is 0. The molecule has 0 unspecified atom stereocenters. The van der Waals surface area contributed by atoms with E-state index < -0.39 is 0 Å². The molecule has 1 atom stereocenters. The zero-order valence-electron chi connectivity index (χ0n) is 8.99. The number of hydrogen-bond acceptors (Lipinski definition) is 3. The number of benzene rings is 1. The molecule has 82 valence electrons. The standard InChI is InChI=1S/C11H16N2O2/c1-8(7-12)13-11(14)9-5-3-4-6-10(9)15-2/h3-6,8H,7,12H2,1-2H3,(H,13,14)/t8-/m0/s1. The molecule has 0 aliphatic carbocycles. The summed E-state index contributed by atoms with van der Waals surface area (Å²) in [5.41, 5.74) is 5.95. The monoisotopic (exact) mass is 208 g/mol. The first-order valence-corrected chi connectivity index (χ1v) is 4.83. The van der Waals surface area contributed by atoms with Crippen LogP contribution in [-0.2, 0) is 0 Å². The highest BCUT2D eigenvalue weighted by Crippen LogP contribution is 2.16. The second-order valence-electron chi connectivity index (χ2n) is 3.31. The molecule has 0 saturated heterocycles. The predicted molar refractivity (Wildman–Crippen MR) is 59.0 cm³/mol. The Hall–Kier alpha value is -1.55. The molecule has 0 bridgehead atoms. The minimum atomic E-state index is -0.162. The fourth-order valence-corrected chi connectivity index (χ4v) is 1.19. The molecular weight excluding hydrogens is 192 g/mol. The van der Waals surface area contributed by atoms with E-state index in [1.54, 1.807) is 25.3 Å². The van der Waals surface area contributed by atoms with Gasteiger partial charge in [0.1, 0.15) is 5.75 Å². The van der Waals surface area contributed by atoms with E-state index in [1.165, 1.54) is 0 Å². The van der Waals surface area contributed by atoms with Crippen LogP contribution >= 0.6 is 0 Å². The second-order valence-corrected chi connectivity index (χ2v) is 3.31. The van der Waals surface area contributed by atoms with Crippen molar-refractivity contribution in [2.24, 2.45) is 5.73 Å². The summed E-state index contributed by atoms with van der Waals surface area (Å²) < 4.78 is 5.09. The normalized spacial score (nSPS) is 11.9. The second kappa shape index (κ2) is 5.36. The van der Waals surface area contributed by atoms with E-state index in [1.807, 2.05) is 13.0 Å². The maximum Gasteiger partial charge on any atom is 0.255 e. The highest BCUT2D eigenvalue weighted by Gasteiger charge is 2.12. The van der Waals surface area contributed by atoms with E-state index in [2.05, 4.69) is 5.32 Å². The van der Waals surface area contributed by atoms with Gasteiger partial charge in [-0.2, -0.15) is 0 Å². The molecular formula is C11H16N2O2. The smallest absolute Gasteiger partial charge is 0.255 e. The lowest BCUT2D eigenvalue weighted by Gasteiger charge is -2.13. The molecule has 4 nitrogen and oxygen atoms in total. The minimum absolute atomic E-state index is 0.0394. The topological polar surface area (TPSA) is 64.3 Å². The van der Waals surface area contributed by atoms with Crippen molar-refractivity contribution in [1.82, 2.24) is 5.32 Å². The summed E-state index contributed by atoms with van der Waals surface area (Å²) in [6.45, 7) is 2.27. The van der Waals surface area contributed by atoms with E-state index in [0.717, 1.165) is 0 Å². The lowest BCUT2D eigenvalue weighted by molar-refractivity contribution is 0.0938. The molecule has 4 heteroatoms. The van der Waals surface area contributed by atoms with Gasteiger partial charge in [0, 0.05) is 12.6 Å². The Balaban J connectivity index is 2.81. The van der Waals surface area contributed by atoms with Crippen LogP contribution in [0.15, 0.2) is 24.3 Å². The summed E-state index contributed by atoms with van der Waals surface area (Å²) in [5, 5.41) is 2.78.